The summed E-state index contributed by atoms with van der Waals surface area (Å²) in [7, 11) is 0. The lowest BCUT2D eigenvalue weighted by molar-refractivity contribution is -0.127. The first-order valence-electron chi connectivity index (χ1n) is 6.21. The van der Waals surface area contributed by atoms with E-state index < -0.39 is 0 Å². The zero-order chi connectivity index (χ0) is 11.6. The number of Topliss-reactive ketones (excluding diaryl/α,β-unsaturated/α-hetero) is 1. The summed E-state index contributed by atoms with van der Waals surface area (Å²) in [6.07, 6.45) is 3.36. The summed E-state index contributed by atoms with van der Waals surface area (Å²) >= 11 is 0. The van der Waals surface area contributed by atoms with Crippen LogP contribution >= 0.6 is 0 Å². The molecule has 0 saturated heterocycles. The Bertz CT molecular complexity index is 215. The number of ketones is 1. The van der Waals surface area contributed by atoms with Gasteiger partial charge in [0.05, 0.1) is 6.04 Å². The first kappa shape index (κ1) is 12.7. The second-order valence-corrected chi connectivity index (χ2v) is 5.79. The average Bonchev–Trinajstić information content (AvgIpc) is 2.13. The minimum atomic E-state index is -0.257. The van der Waals surface area contributed by atoms with Crippen LogP contribution in [0.3, 0.4) is 0 Å². The van der Waals surface area contributed by atoms with E-state index >= 15 is 0 Å². The minimum absolute atomic E-state index is 0.223. The van der Waals surface area contributed by atoms with E-state index in [1.807, 2.05) is 13.8 Å². The van der Waals surface area contributed by atoms with Crippen molar-refractivity contribution in [2.24, 2.45) is 29.4 Å². The van der Waals surface area contributed by atoms with Gasteiger partial charge >= 0.3 is 0 Å². The van der Waals surface area contributed by atoms with Gasteiger partial charge in [-0.05, 0) is 37.0 Å². The highest BCUT2D eigenvalue weighted by molar-refractivity contribution is 5.86. The van der Waals surface area contributed by atoms with Gasteiger partial charge in [0.25, 0.3) is 0 Å². The molecule has 3 unspecified atom stereocenters. The van der Waals surface area contributed by atoms with E-state index in [0.29, 0.717) is 17.6 Å². The SMILES string of the molecule is CC1CC(C)CC(C(=O)C(N)C(C)C)C1. The summed E-state index contributed by atoms with van der Waals surface area (Å²) in [5, 5.41) is 0. The number of hydrogen-bond donors (Lipinski definition) is 1. The molecule has 0 bridgehead atoms. The topological polar surface area (TPSA) is 43.1 Å². The highest BCUT2D eigenvalue weighted by Crippen LogP contribution is 2.34. The largest absolute Gasteiger partial charge is 0.321 e. The lowest BCUT2D eigenvalue weighted by Crippen LogP contribution is -2.41. The van der Waals surface area contributed by atoms with E-state index in [0.717, 1.165) is 12.8 Å². The molecule has 1 fully saturated rings. The third-order valence-electron chi connectivity index (χ3n) is 3.63. The molecule has 0 heterocycles. The molecule has 0 aromatic carbocycles. The fourth-order valence-electron chi connectivity index (χ4n) is 2.78. The predicted octanol–water partition coefficient (Wildman–Crippen LogP) is 2.61. The van der Waals surface area contributed by atoms with Gasteiger partial charge in [0, 0.05) is 5.92 Å². The van der Waals surface area contributed by atoms with Crippen molar-refractivity contribution < 1.29 is 4.79 Å². The molecule has 2 nitrogen and oxygen atoms in total. The van der Waals surface area contributed by atoms with Crippen LogP contribution < -0.4 is 5.73 Å². The number of carbonyl (C=O) groups excluding carboxylic acids is 1. The van der Waals surface area contributed by atoms with E-state index in [2.05, 4.69) is 13.8 Å². The highest BCUT2D eigenvalue weighted by Gasteiger charge is 2.32. The van der Waals surface area contributed by atoms with Crippen LogP contribution in [0.4, 0.5) is 0 Å². The number of hydrogen-bond acceptors (Lipinski definition) is 2. The van der Waals surface area contributed by atoms with Gasteiger partial charge in [-0.25, -0.2) is 0 Å². The Kier molecular flexibility index (Phi) is 4.32. The maximum atomic E-state index is 12.1. The lowest BCUT2D eigenvalue weighted by atomic mass is 9.73. The van der Waals surface area contributed by atoms with Crippen molar-refractivity contribution in [3.05, 3.63) is 0 Å². The highest BCUT2D eigenvalue weighted by atomic mass is 16.1. The molecule has 0 aromatic rings. The second-order valence-electron chi connectivity index (χ2n) is 5.79. The molecule has 0 aliphatic heterocycles. The Morgan fingerprint density at radius 1 is 1.13 bits per heavy atom. The fraction of sp³-hybridized carbons (Fsp3) is 0.923. The van der Waals surface area contributed by atoms with E-state index in [1.165, 1.54) is 6.42 Å². The Morgan fingerprint density at radius 3 is 2.00 bits per heavy atom. The van der Waals surface area contributed by atoms with Crippen molar-refractivity contribution in [2.45, 2.75) is 53.0 Å². The quantitative estimate of drug-likeness (QED) is 0.779. The summed E-state index contributed by atoms with van der Waals surface area (Å²) in [6.45, 7) is 8.55. The van der Waals surface area contributed by atoms with Crippen molar-refractivity contribution in [2.75, 3.05) is 0 Å². The monoisotopic (exact) mass is 211 g/mol. The summed E-state index contributed by atoms with van der Waals surface area (Å²) in [6, 6.07) is -0.257. The van der Waals surface area contributed by atoms with Gasteiger partial charge in [-0.3, -0.25) is 4.79 Å². The maximum absolute atomic E-state index is 12.1. The van der Waals surface area contributed by atoms with Crippen LogP contribution in [0.15, 0.2) is 0 Å². The van der Waals surface area contributed by atoms with Gasteiger partial charge in [-0.1, -0.05) is 27.7 Å². The molecule has 0 radical (unpaired) electrons. The van der Waals surface area contributed by atoms with Crippen molar-refractivity contribution in [1.82, 2.24) is 0 Å². The number of carbonyl (C=O) groups is 1. The molecule has 0 aromatic heterocycles. The number of rotatable bonds is 3. The summed E-state index contributed by atoms with van der Waals surface area (Å²) in [5.74, 6) is 2.15. The molecular formula is C13H25NO. The van der Waals surface area contributed by atoms with Crippen LogP contribution in [0.25, 0.3) is 0 Å². The summed E-state index contributed by atoms with van der Waals surface area (Å²) in [4.78, 5) is 12.1. The molecule has 15 heavy (non-hydrogen) atoms. The Labute approximate surface area is 93.6 Å². The number of nitrogens with two attached hydrogens (primary N) is 1. The second kappa shape index (κ2) is 5.11. The van der Waals surface area contributed by atoms with E-state index in [4.69, 9.17) is 5.73 Å². The van der Waals surface area contributed by atoms with Crippen LogP contribution in [0, 0.1) is 23.7 Å². The van der Waals surface area contributed by atoms with E-state index in [-0.39, 0.29) is 17.9 Å². The molecule has 2 N–H and O–H groups in total. The third kappa shape index (κ3) is 3.30. The first-order chi connectivity index (χ1) is 6.91. The Morgan fingerprint density at radius 2 is 1.60 bits per heavy atom. The molecule has 1 aliphatic rings. The van der Waals surface area contributed by atoms with Gasteiger partial charge in [-0.2, -0.15) is 0 Å². The van der Waals surface area contributed by atoms with Crippen LogP contribution in [-0.2, 0) is 4.79 Å². The Hall–Kier alpha value is -0.370. The first-order valence-corrected chi connectivity index (χ1v) is 6.21. The molecular weight excluding hydrogens is 186 g/mol. The van der Waals surface area contributed by atoms with Crippen molar-refractivity contribution in [3.8, 4) is 0 Å². The third-order valence-corrected chi connectivity index (χ3v) is 3.63. The Balaban J connectivity index is 2.59. The van der Waals surface area contributed by atoms with Crippen molar-refractivity contribution >= 4 is 5.78 Å². The van der Waals surface area contributed by atoms with Gasteiger partial charge in [0.1, 0.15) is 0 Å². The molecule has 0 spiro atoms. The zero-order valence-electron chi connectivity index (χ0n) is 10.5. The van der Waals surface area contributed by atoms with E-state index in [9.17, 15) is 4.79 Å². The maximum Gasteiger partial charge on any atom is 0.152 e. The average molecular weight is 211 g/mol. The summed E-state index contributed by atoms with van der Waals surface area (Å²) < 4.78 is 0. The lowest BCUT2D eigenvalue weighted by Gasteiger charge is -2.32. The van der Waals surface area contributed by atoms with Crippen molar-refractivity contribution in [1.29, 1.82) is 0 Å². The summed E-state index contributed by atoms with van der Waals surface area (Å²) in [5.41, 5.74) is 5.93. The fourth-order valence-corrected chi connectivity index (χ4v) is 2.78. The van der Waals surface area contributed by atoms with Gasteiger partial charge in [0.15, 0.2) is 5.78 Å². The molecule has 0 amide bonds. The minimum Gasteiger partial charge on any atom is -0.321 e. The molecule has 1 rings (SSSR count). The van der Waals surface area contributed by atoms with Crippen LogP contribution in [0.1, 0.15) is 47.0 Å². The van der Waals surface area contributed by atoms with Gasteiger partial charge in [-0.15, -0.1) is 0 Å². The smallest absolute Gasteiger partial charge is 0.152 e. The standard InChI is InChI=1S/C13H25NO/c1-8(2)12(14)13(15)11-6-9(3)5-10(4)7-11/h8-12H,5-7,14H2,1-4H3. The van der Waals surface area contributed by atoms with Crippen molar-refractivity contribution in [3.63, 3.8) is 0 Å². The molecule has 1 aliphatic carbocycles. The van der Waals surface area contributed by atoms with Gasteiger partial charge < -0.3 is 5.73 Å². The molecule has 3 atom stereocenters. The zero-order valence-corrected chi connectivity index (χ0v) is 10.5. The molecule has 2 heteroatoms. The van der Waals surface area contributed by atoms with E-state index in [1.54, 1.807) is 0 Å². The molecule has 88 valence electrons. The predicted molar refractivity (Wildman–Crippen MR) is 63.5 cm³/mol. The van der Waals surface area contributed by atoms with Gasteiger partial charge in [0.2, 0.25) is 0 Å². The molecule has 1 saturated carbocycles. The van der Waals surface area contributed by atoms with Crippen LogP contribution in [0.2, 0.25) is 0 Å². The van der Waals surface area contributed by atoms with Crippen LogP contribution in [-0.4, -0.2) is 11.8 Å². The van der Waals surface area contributed by atoms with Crippen LogP contribution in [0.5, 0.6) is 0 Å². The normalized spacial score (nSPS) is 34.1.